The Balaban J connectivity index is 4.04. The highest BCUT2D eigenvalue weighted by molar-refractivity contribution is 4.78. The summed E-state index contributed by atoms with van der Waals surface area (Å²) in [5, 5.41) is 11.0. The molecule has 0 aliphatic rings. The Bertz CT molecular complexity index is 204. The first-order valence-corrected chi connectivity index (χ1v) is 9.41. The van der Waals surface area contributed by atoms with E-state index in [0.717, 1.165) is 32.2 Å². The quantitative estimate of drug-likeness (QED) is 0.410. The highest BCUT2D eigenvalue weighted by atomic mass is 16.3. The van der Waals surface area contributed by atoms with Crippen LogP contribution < -0.4 is 0 Å². The molecule has 0 aromatic rings. The summed E-state index contributed by atoms with van der Waals surface area (Å²) in [6.07, 6.45) is 15.5. The van der Waals surface area contributed by atoms with Crippen LogP contribution in [0, 0.1) is 0 Å². The minimum Gasteiger partial charge on any atom is -0.390 e. The van der Waals surface area contributed by atoms with Crippen LogP contribution in [0.1, 0.15) is 97.3 Å². The number of hydrogen-bond donors (Lipinski definition) is 1. The van der Waals surface area contributed by atoms with Crippen LogP contribution >= 0.6 is 0 Å². The van der Waals surface area contributed by atoms with Gasteiger partial charge in [0.1, 0.15) is 0 Å². The van der Waals surface area contributed by atoms with Crippen LogP contribution in [0.3, 0.4) is 0 Å². The number of aliphatic hydroxyl groups is 1. The van der Waals surface area contributed by atoms with Gasteiger partial charge in [0.2, 0.25) is 0 Å². The van der Waals surface area contributed by atoms with Gasteiger partial charge in [0.15, 0.2) is 0 Å². The van der Waals surface area contributed by atoms with Crippen molar-refractivity contribution in [2.24, 2.45) is 0 Å². The number of unbranched alkanes of at least 4 members (excludes halogenated alkanes) is 7. The predicted octanol–water partition coefficient (Wildman–Crippen LogP) is 5.39. The molecular weight excluding hydrogens is 258 g/mol. The minimum atomic E-state index is -0.381. The molecule has 128 valence electrons. The normalized spacial score (nSPS) is 12.3. The summed E-state index contributed by atoms with van der Waals surface area (Å²) >= 11 is 0. The standard InChI is InChI=1S/C19H41NO/c1-5-7-9-11-15-19(21,16-12-10-8-6-2)17-13-14-18-20(3)4/h21H,5-18H2,1-4H3. The molecule has 1 N–H and O–H groups in total. The summed E-state index contributed by atoms with van der Waals surface area (Å²) in [5.41, 5.74) is -0.381. The Morgan fingerprint density at radius 2 is 1.10 bits per heavy atom. The van der Waals surface area contributed by atoms with Crippen molar-refractivity contribution in [2.45, 2.75) is 103 Å². The third-order valence-electron chi connectivity index (χ3n) is 4.49. The summed E-state index contributed by atoms with van der Waals surface area (Å²) in [6, 6.07) is 0. The zero-order valence-corrected chi connectivity index (χ0v) is 15.3. The first kappa shape index (κ1) is 20.9. The molecule has 21 heavy (non-hydrogen) atoms. The highest BCUT2D eigenvalue weighted by Crippen LogP contribution is 2.28. The molecule has 2 nitrogen and oxygen atoms in total. The van der Waals surface area contributed by atoms with Gasteiger partial charge in [-0.15, -0.1) is 0 Å². The Labute approximate surface area is 134 Å². The van der Waals surface area contributed by atoms with E-state index in [1.165, 1.54) is 57.8 Å². The van der Waals surface area contributed by atoms with Gasteiger partial charge in [-0.25, -0.2) is 0 Å². The van der Waals surface area contributed by atoms with Crippen LogP contribution in [-0.4, -0.2) is 36.2 Å². The maximum Gasteiger partial charge on any atom is 0.0647 e. The molecule has 0 aromatic heterocycles. The number of hydrogen-bond acceptors (Lipinski definition) is 2. The van der Waals surface area contributed by atoms with Crippen LogP contribution in [0.15, 0.2) is 0 Å². The summed E-state index contributed by atoms with van der Waals surface area (Å²) < 4.78 is 0. The van der Waals surface area contributed by atoms with Crippen LogP contribution in [0.2, 0.25) is 0 Å². The fraction of sp³-hybridized carbons (Fsp3) is 1.00. The van der Waals surface area contributed by atoms with Crippen LogP contribution in [0.25, 0.3) is 0 Å². The molecule has 0 aliphatic carbocycles. The summed E-state index contributed by atoms with van der Waals surface area (Å²) in [6.45, 7) is 5.64. The van der Waals surface area contributed by atoms with Gasteiger partial charge in [0.25, 0.3) is 0 Å². The molecular formula is C19H41NO. The first-order valence-electron chi connectivity index (χ1n) is 9.41. The van der Waals surface area contributed by atoms with Crippen molar-refractivity contribution in [3.63, 3.8) is 0 Å². The van der Waals surface area contributed by atoms with Crippen molar-refractivity contribution in [1.29, 1.82) is 0 Å². The van der Waals surface area contributed by atoms with Gasteiger partial charge in [0.05, 0.1) is 5.60 Å². The fourth-order valence-electron chi connectivity index (χ4n) is 3.02. The van der Waals surface area contributed by atoms with Gasteiger partial charge in [-0.1, -0.05) is 65.2 Å². The smallest absolute Gasteiger partial charge is 0.0647 e. The second-order valence-corrected chi connectivity index (χ2v) is 7.11. The summed E-state index contributed by atoms with van der Waals surface area (Å²) in [7, 11) is 4.25. The second kappa shape index (κ2) is 13.6. The lowest BCUT2D eigenvalue weighted by Crippen LogP contribution is -2.29. The zero-order valence-electron chi connectivity index (χ0n) is 15.3. The van der Waals surface area contributed by atoms with E-state index in [1.807, 2.05) is 0 Å². The zero-order chi connectivity index (χ0) is 16.0. The first-order chi connectivity index (χ1) is 10.0. The Kier molecular flexibility index (Phi) is 13.5. The highest BCUT2D eigenvalue weighted by Gasteiger charge is 2.25. The lowest BCUT2D eigenvalue weighted by molar-refractivity contribution is 0.00689. The molecule has 0 rings (SSSR count). The van der Waals surface area contributed by atoms with E-state index in [4.69, 9.17) is 0 Å². The van der Waals surface area contributed by atoms with Gasteiger partial charge in [-0.3, -0.25) is 0 Å². The van der Waals surface area contributed by atoms with Crippen LogP contribution in [0.5, 0.6) is 0 Å². The monoisotopic (exact) mass is 299 g/mol. The molecule has 0 spiro atoms. The maximum atomic E-state index is 11.0. The van der Waals surface area contributed by atoms with E-state index in [1.54, 1.807) is 0 Å². The summed E-state index contributed by atoms with van der Waals surface area (Å²) in [4.78, 5) is 2.24. The molecule has 0 fully saturated rings. The molecule has 0 bridgehead atoms. The summed E-state index contributed by atoms with van der Waals surface area (Å²) in [5.74, 6) is 0. The number of rotatable bonds is 15. The van der Waals surface area contributed by atoms with Crippen molar-refractivity contribution in [2.75, 3.05) is 20.6 Å². The van der Waals surface area contributed by atoms with Crippen LogP contribution in [0.4, 0.5) is 0 Å². The van der Waals surface area contributed by atoms with E-state index in [-0.39, 0.29) is 5.60 Å². The van der Waals surface area contributed by atoms with Gasteiger partial charge < -0.3 is 10.0 Å². The molecule has 0 saturated heterocycles. The minimum absolute atomic E-state index is 0.381. The van der Waals surface area contributed by atoms with Gasteiger partial charge in [-0.2, -0.15) is 0 Å². The average molecular weight is 300 g/mol. The molecule has 0 unspecified atom stereocenters. The Morgan fingerprint density at radius 1 is 0.667 bits per heavy atom. The van der Waals surface area contributed by atoms with E-state index < -0.39 is 0 Å². The average Bonchev–Trinajstić information content (AvgIpc) is 2.45. The Hall–Kier alpha value is -0.0800. The lowest BCUT2D eigenvalue weighted by atomic mass is 9.85. The van der Waals surface area contributed by atoms with E-state index in [0.29, 0.717) is 0 Å². The number of nitrogens with zero attached hydrogens (tertiary/aromatic N) is 1. The largest absolute Gasteiger partial charge is 0.390 e. The lowest BCUT2D eigenvalue weighted by Gasteiger charge is -2.29. The van der Waals surface area contributed by atoms with Crippen molar-refractivity contribution in [3.8, 4) is 0 Å². The molecule has 2 heteroatoms. The molecule has 0 atom stereocenters. The van der Waals surface area contributed by atoms with Crippen molar-refractivity contribution in [3.05, 3.63) is 0 Å². The van der Waals surface area contributed by atoms with Crippen molar-refractivity contribution in [1.82, 2.24) is 4.90 Å². The van der Waals surface area contributed by atoms with E-state index in [2.05, 4.69) is 32.8 Å². The van der Waals surface area contributed by atoms with Gasteiger partial charge in [-0.05, 0) is 52.7 Å². The molecule has 0 saturated carbocycles. The van der Waals surface area contributed by atoms with Crippen molar-refractivity contribution < 1.29 is 5.11 Å². The topological polar surface area (TPSA) is 23.5 Å². The predicted molar refractivity (Wildman–Crippen MR) is 94.9 cm³/mol. The molecule has 0 aliphatic heterocycles. The molecule has 0 amide bonds. The van der Waals surface area contributed by atoms with Gasteiger partial charge >= 0.3 is 0 Å². The van der Waals surface area contributed by atoms with Crippen molar-refractivity contribution >= 4 is 0 Å². The van der Waals surface area contributed by atoms with Crippen LogP contribution in [-0.2, 0) is 0 Å². The fourth-order valence-corrected chi connectivity index (χ4v) is 3.02. The van der Waals surface area contributed by atoms with E-state index >= 15 is 0 Å². The molecule has 0 radical (unpaired) electrons. The third kappa shape index (κ3) is 13.3. The molecule has 0 heterocycles. The van der Waals surface area contributed by atoms with Gasteiger partial charge in [0, 0.05) is 0 Å². The SMILES string of the molecule is CCCCCCC(O)(CCCCCC)CCCCN(C)C. The molecule has 0 aromatic carbocycles. The Morgan fingerprint density at radius 3 is 1.48 bits per heavy atom. The van der Waals surface area contributed by atoms with E-state index in [9.17, 15) is 5.11 Å². The maximum absolute atomic E-state index is 11.0. The third-order valence-corrected chi connectivity index (χ3v) is 4.49. The second-order valence-electron chi connectivity index (χ2n) is 7.11.